The molecular formula is C15H22N4S. The molecule has 108 valence electrons. The van der Waals surface area contributed by atoms with Gasteiger partial charge in [-0.1, -0.05) is 6.92 Å². The standard InChI is InChI=1S/C15H22N4S/c1-3-5-17-13(9-14-10-20-11(2)19-14)7-12-4-6-18-15(16)8-12/h4,6,8,10,13,17H,3,5,7,9H2,1-2H3,(H2,16,18). The van der Waals surface area contributed by atoms with E-state index in [-0.39, 0.29) is 0 Å². The van der Waals surface area contributed by atoms with Gasteiger partial charge in [0.25, 0.3) is 0 Å². The average Bonchev–Trinajstić information content (AvgIpc) is 2.81. The highest BCUT2D eigenvalue weighted by Crippen LogP contribution is 2.13. The first-order valence-electron chi connectivity index (χ1n) is 7.02. The number of anilines is 1. The fourth-order valence-corrected chi connectivity index (χ4v) is 2.85. The molecule has 0 aliphatic carbocycles. The van der Waals surface area contributed by atoms with Crippen LogP contribution in [-0.2, 0) is 12.8 Å². The summed E-state index contributed by atoms with van der Waals surface area (Å²) in [5.74, 6) is 0.584. The summed E-state index contributed by atoms with van der Waals surface area (Å²) in [6.45, 7) is 5.25. The van der Waals surface area contributed by atoms with E-state index in [0.717, 1.165) is 30.8 Å². The van der Waals surface area contributed by atoms with Crippen LogP contribution in [0.4, 0.5) is 5.82 Å². The Morgan fingerprint density at radius 1 is 1.40 bits per heavy atom. The summed E-state index contributed by atoms with van der Waals surface area (Å²) in [6, 6.07) is 4.37. The van der Waals surface area contributed by atoms with Crippen molar-refractivity contribution in [2.24, 2.45) is 0 Å². The lowest BCUT2D eigenvalue weighted by Crippen LogP contribution is -2.34. The SMILES string of the molecule is CCCNC(Cc1ccnc(N)c1)Cc1csc(C)n1. The van der Waals surface area contributed by atoms with Gasteiger partial charge in [0, 0.05) is 24.0 Å². The quantitative estimate of drug-likeness (QED) is 0.822. The molecule has 5 heteroatoms. The molecular weight excluding hydrogens is 268 g/mol. The number of nitrogens with zero attached hydrogens (tertiary/aromatic N) is 2. The van der Waals surface area contributed by atoms with Crippen molar-refractivity contribution in [1.82, 2.24) is 15.3 Å². The monoisotopic (exact) mass is 290 g/mol. The van der Waals surface area contributed by atoms with Gasteiger partial charge < -0.3 is 11.1 Å². The highest BCUT2D eigenvalue weighted by atomic mass is 32.1. The molecule has 0 spiro atoms. The van der Waals surface area contributed by atoms with Crippen LogP contribution in [0.2, 0.25) is 0 Å². The molecule has 2 rings (SSSR count). The Labute approximate surface area is 124 Å². The predicted molar refractivity (Wildman–Crippen MR) is 85.0 cm³/mol. The summed E-state index contributed by atoms with van der Waals surface area (Å²) in [6.07, 6.45) is 4.80. The van der Waals surface area contributed by atoms with Crippen molar-refractivity contribution < 1.29 is 0 Å². The van der Waals surface area contributed by atoms with E-state index in [1.54, 1.807) is 17.5 Å². The van der Waals surface area contributed by atoms with Crippen LogP contribution < -0.4 is 11.1 Å². The number of thiazole rings is 1. The summed E-state index contributed by atoms with van der Waals surface area (Å²) in [4.78, 5) is 8.60. The molecule has 3 N–H and O–H groups in total. The van der Waals surface area contributed by atoms with Crippen molar-refractivity contribution in [3.8, 4) is 0 Å². The maximum absolute atomic E-state index is 5.75. The van der Waals surface area contributed by atoms with Crippen LogP contribution >= 0.6 is 11.3 Å². The fourth-order valence-electron chi connectivity index (χ4n) is 2.23. The van der Waals surface area contributed by atoms with Gasteiger partial charge in [0.2, 0.25) is 0 Å². The van der Waals surface area contributed by atoms with Crippen molar-refractivity contribution >= 4 is 17.2 Å². The Morgan fingerprint density at radius 3 is 2.90 bits per heavy atom. The number of pyridine rings is 1. The third kappa shape index (κ3) is 4.58. The van der Waals surface area contributed by atoms with E-state index in [4.69, 9.17) is 5.73 Å². The van der Waals surface area contributed by atoms with Gasteiger partial charge in [0.15, 0.2) is 0 Å². The zero-order chi connectivity index (χ0) is 14.4. The zero-order valence-corrected chi connectivity index (χ0v) is 12.9. The molecule has 0 bridgehead atoms. The van der Waals surface area contributed by atoms with Gasteiger partial charge in [0.05, 0.1) is 10.7 Å². The number of nitrogens with two attached hydrogens (primary N) is 1. The molecule has 0 aliphatic rings. The largest absolute Gasteiger partial charge is 0.384 e. The van der Waals surface area contributed by atoms with Crippen molar-refractivity contribution in [2.45, 2.75) is 39.2 Å². The van der Waals surface area contributed by atoms with Gasteiger partial charge in [0.1, 0.15) is 5.82 Å². The first kappa shape index (κ1) is 14.9. The van der Waals surface area contributed by atoms with Crippen molar-refractivity contribution in [3.63, 3.8) is 0 Å². The molecule has 0 fully saturated rings. The molecule has 2 heterocycles. The number of rotatable bonds is 7. The van der Waals surface area contributed by atoms with Crippen LogP contribution in [0.3, 0.4) is 0 Å². The second kappa shape index (κ2) is 7.36. The van der Waals surface area contributed by atoms with E-state index >= 15 is 0 Å². The molecule has 1 unspecified atom stereocenters. The molecule has 0 saturated heterocycles. The Balaban J connectivity index is 2.02. The summed E-state index contributed by atoms with van der Waals surface area (Å²) in [5.41, 5.74) is 8.14. The smallest absolute Gasteiger partial charge is 0.123 e. The van der Waals surface area contributed by atoms with Gasteiger partial charge in [-0.25, -0.2) is 9.97 Å². The highest BCUT2D eigenvalue weighted by molar-refractivity contribution is 7.09. The van der Waals surface area contributed by atoms with Gasteiger partial charge >= 0.3 is 0 Å². The van der Waals surface area contributed by atoms with Crippen LogP contribution in [0.15, 0.2) is 23.7 Å². The minimum Gasteiger partial charge on any atom is -0.384 e. The van der Waals surface area contributed by atoms with E-state index in [2.05, 4.69) is 27.6 Å². The first-order chi connectivity index (χ1) is 9.67. The first-order valence-corrected chi connectivity index (χ1v) is 7.90. The van der Waals surface area contributed by atoms with Crippen molar-refractivity contribution in [3.05, 3.63) is 40.0 Å². The molecule has 2 aromatic heterocycles. The van der Waals surface area contributed by atoms with E-state index in [0.29, 0.717) is 11.9 Å². The predicted octanol–water partition coefficient (Wildman–Crippen LogP) is 2.58. The van der Waals surface area contributed by atoms with Crippen molar-refractivity contribution in [2.75, 3.05) is 12.3 Å². The summed E-state index contributed by atoms with van der Waals surface area (Å²) < 4.78 is 0. The van der Waals surface area contributed by atoms with E-state index in [1.165, 1.54) is 11.3 Å². The second-order valence-corrected chi connectivity index (χ2v) is 6.07. The number of hydrogen-bond donors (Lipinski definition) is 2. The van der Waals surface area contributed by atoms with Crippen molar-refractivity contribution in [1.29, 1.82) is 0 Å². The molecule has 0 saturated carbocycles. The van der Waals surface area contributed by atoms with E-state index < -0.39 is 0 Å². The Hall–Kier alpha value is -1.46. The van der Waals surface area contributed by atoms with Crippen LogP contribution in [0.25, 0.3) is 0 Å². The topological polar surface area (TPSA) is 63.8 Å². The summed E-state index contributed by atoms with van der Waals surface area (Å²) in [7, 11) is 0. The molecule has 4 nitrogen and oxygen atoms in total. The minimum atomic E-state index is 0.387. The number of hydrogen-bond acceptors (Lipinski definition) is 5. The van der Waals surface area contributed by atoms with E-state index in [9.17, 15) is 0 Å². The summed E-state index contributed by atoms with van der Waals surface area (Å²) in [5, 5.41) is 6.88. The Bertz CT molecular complexity index is 538. The van der Waals surface area contributed by atoms with Crippen LogP contribution in [0.1, 0.15) is 29.6 Å². The number of aryl methyl sites for hydroxylation is 1. The lowest BCUT2D eigenvalue weighted by molar-refractivity contribution is 0.501. The van der Waals surface area contributed by atoms with Crippen LogP contribution in [0, 0.1) is 6.92 Å². The average molecular weight is 290 g/mol. The van der Waals surface area contributed by atoms with Crippen LogP contribution in [0.5, 0.6) is 0 Å². The van der Waals surface area contributed by atoms with E-state index in [1.807, 2.05) is 19.1 Å². The molecule has 0 radical (unpaired) electrons. The maximum Gasteiger partial charge on any atom is 0.123 e. The Kier molecular flexibility index (Phi) is 5.49. The molecule has 0 aromatic carbocycles. The van der Waals surface area contributed by atoms with Gasteiger partial charge in [-0.05, 0) is 44.0 Å². The normalized spacial score (nSPS) is 12.5. The number of nitrogen functional groups attached to an aromatic ring is 1. The van der Waals surface area contributed by atoms with Gasteiger partial charge in [-0.2, -0.15) is 0 Å². The lowest BCUT2D eigenvalue weighted by Gasteiger charge is -2.17. The maximum atomic E-state index is 5.75. The minimum absolute atomic E-state index is 0.387. The number of nitrogens with one attached hydrogen (secondary N) is 1. The molecule has 20 heavy (non-hydrogen) atoms. The lowest BCUT2D eigenvalue weighted by atomic mass is 10.0. The fraction of sp³-hybridized carbons (Fsp3) is 0.467. The zero-order valence-electron chi connectivity index (χ0n) is 12.1. The molecule has 0 amide bonds. The number of aromatic nitrogens is 2. The Morgan fingerprint density at radius 2 is 2.25 bits per heavy atom. The van der Waals surface area contributed by atoms with Gasteiger partial charge in [-0.15, -0.1) is 11.3 Å². The third-order valence-electron chi connectivity index (χ3n) is 3.13. The summed E-state index contributed by atoms with van der Waals surface area (Å²) >= 11 is 1.71. The molecule has 1 atom stereocenters. The van der Waals surface area contributed by atoms with Crippen LogP contribution in [-0.4, -0.2) is 22.6 Å². The third-order valence-corrected chi connectivity index (χ3v) is 3.96. The molecule has 2 aromatic rings. The second-order valence-electron chi connectivity index (χ2n) is 5.01. The highest BCUT2D eigenvalue weighted by Gasteiger charge is 2.12. The molecule has 0 aliphatic heterocycles. The van der Waals surface area contributed by atoms with Gasteiger partial charge in [-0.3, -0.25) is 0 Å².